The number of carbonyl (C=O) groups excluding carboxylic acids is 1. The summed E-state index contributed by atoms with van der Waals surface area (Å²) in [5.74, 6) is -0.168. The van der Waals surface area contributed by atoms with Crippen molar-refractivity contribution in [2.75, 3.05) is 13.1 Å². The lowest BCUT2D eigenvalue weighted by Gasteiger charge is -2.30. The van der Waals surface area contributed by atoms with Gasteiger partial charge in [0.15, 0.2) is 4.77 Å². The zero-order valence-electron chi connectivity index (χ0n) is 16.4. The summed E-state index contributed by atoms with van der Waals surface area (Å²) in [6.45, 7) is 13.9. The molecule has 0 bridgehead atoms. The third-order valence-corrected chi connectivity index (χ3v) is 4.86. The fourth-order valence-corrected chi connectivity index (χ4v) is 3.47. The Morgan fingerprint density at radius 3 is 2.59 bits per heavy atom. The molecule has 0 fully saturated rings. The second-order valence-electron chi connectivity index (χ2n) is 7.08. The molecule has 2 aromatic rings. The molecule has 0 aliphatic rings. The number of fused-ring (bicyclic) bond motifs is 1. The Balaban J connectivity index is 2.18. The molecule has 7 heteroatoms. The van der Waals surface area contributed by atoms with Gasteiger partial charge in [0.1, 0.15) is 0 Å². The second-order valence-corrected chi connectivity index (χ2v) is 7.46. The zero-order valence-corrected chi connectivity index (χ0v) is 17.2. The number of aromatic nitrogens is 2. The lowest BCUT2D eigenvalue weighted by atomic mass is 10.1. The van der Waals surface area contributed by atoms with Crippen LogP contribution in [0.15, 0.2) is 35.6 Å². The van der Waals surface area contributed by atoms with E-state index in [0.29, 0.717) is 46.4 Å². The summed E-state index contributed by atoms with van der Waals surface area (Å²) in [6.07, 6.45) is 1.62. The molecule has 1 aromatic heterocycles. The Labute approximate surface area is 164 Å². The van der Waals surface area contributed by atoms with Crippen LogP contribution in [0.4, 0.5) is 0 Å². The van der Waals surface area contributed by atoms with Gasteiger partial charge in [0.25, 0.3) is 11.5 Å². The predicted molar refractivity (Wildman–Crippen MR) is 113 cm³/mol. The van der Waals surface area contributed by atoms with E-state index in [2.05, 4.69) is 49.5 Å². The minimum Gasteiger partial charge on any atom is -0.351 e. The molecule has 0 aliphatic carbocycles. The lowest BCUT2D eigenvalue weighted by molar-refractivity contribution is 0.0939. The van der Waals surface area contributed by atoms with Gasteiger partial charge in [-0.2, -0.15) is 0 Å². The van der Waals surface area contributed by atoms with Gasteiger partial charge in [-0.05, 0) is 58.1 Å². The highest BCUT2D eigenvalue weighted by Gasteiger charge is 2.14. The molecule has 27 heavy (non-hydrogen) atoms. The molecule has 146 valence electrons. The van der Waals surface area contributed by atoms with Crippen LogP contribution in [0, 0.1) is 4.77 Å². The number of nitrogens with one attached hydrogen (secondary N) is 2. The third-order valence-electron chi connectivity index (χ3n) is 4.54. The molecule has 2 N–H and O–H groups in total. The highest BCUT2D eigenvalue weighted by Crippen LogP contribution is 2.11. The monoisotopic (exact) mass is 388 g/mol. The van der Waals surface area contributed by atoms with Crippen LogP contribution < -0.4 is 10.9 Å². The molecule has 0 saturated carbocycles. The van der Waals surface area contributed by atoms with Gasteiger partial charge in [-0.3, -0.25) is 19.1 Å². The van der Waals surface area contributed by atoms with E-state index in [-0.39, 0.29) is 11.5 Å². The fraction of sp³-hybridized carbons (Fsp3) is 0.450. The largest absolute Gasteiger partial charge is 0.351 e. The van der Waals surface area contributed by atoms with Crippen molar-refractivity contribution >= 4 is 29.0 Å². The molecular weight excluding hydrogens is 360 g/mol. The van der Waals surface area contributed by atoms with Crippen molar-refractivity contribution in [3.05, 3.63) is 51.5 Å². The van der Waals surface area contributed by atoms with Crippen molar-refractivity contribution in [2.24, 2.45) is 0 Å². The minimum absolute atomic E-state index is 0.168. The normalized spacial score (nSPS) is 11.5. The molecule has 2 rings (SSSR count). The number of rotatable bonds is 8. The first kappa shape index (κ1) is 21.1. The van der Waals surface area contributed by atoms with Crippen LogP contribution in [0.3, 0.4) is 0 Å². The molecule has 1 amide bonds. The first-order chi connectivity index (χ1) is 12.8. The third kappa shape index (κ3) is 4.93. The first-order valence-corrected chi connectivity index (χ1v) is 9.58. The van der Waals surface area contributed by atoms with E-state index in [1.165, 1.54) is 4.57 Å². The van der Waals surface area contributed by atoms with Crippen LogP contribution in [-0.4, -0.2) is 45.5 Å². The number of nitrogens with zero attached hydrogens (tertiary/aromatic N) is 2. The number of hydrogen-bond donors (Lipinski definition) is 2. The van der Waals surface area contributed by atoms with Gasteiger partial charge in [0, 0.05) is 37.3 Å². The van der Waals surface area contributed by atoms with Crippen molar-refractivity contribution in [1.82, 2.24) is 19.8 Å². The Hall–Kier alpha value is -2.25. The van der Waals surface area contributed by atoms with Gasteiger partial charge < -0.3 is 10.3 Å². The summed E-state index contributed by atoms with van der Waals surface area (Å²) in [7, 11) is 0. The van der Waals surface area contributed by atoms with Crippen molar-refractivity contribution in [3.8, 4) is 0 Å². The number of allylic oxidation sites excluding steroid dienone is 1. The molecule has 1 heterocycles. The molecule has 0 aliphatic heterocycles. The lowest BCUT2D eigenvalue weighted by Crippen LogP contribution is -2.42. The first-order valence-electron chi connectivity index (χ1n) is 9.18. The Kier molecular flexibility index (Phi) is 7.10. The van der Waals surface area contributed by atoms with E-state index in [1.54, 1.807) is 24.3 Å². The van der Waals surface area contributed by atoms with Gasteiger partial charge in [-0.1, -0.05) is 6.08 Å². The summed E-state index contributed by atoms with van der Waals surface area (Å²) < 4.78 is 1.76. The molecule has 0 unspecified atom stereocenters. The topological polar surface area (TPSA) is 70.1 Å². The standard InChI is InChI=1S/C20H28N4O2S/c1-6-10-24-19(26)16-8-7-15(12-17(16)22-20(24)27)18(25)21-9-11-23(13(2)3)14(4)5/h6-8,12-14H,1,9-11H2,2-5H3,(H,21,25)(H,22,27). The van der Waals surface area contributed by atoms with Crippen LogP contribution in [-0.2, 0) is 6.54 Å². The SMILES string of the molecule is C=CCn1c(=S)[nH]c2cc(C(=O)NCCN(C(C)C)C(C)C)ccc2c1=O. The van der Waals surface area contributed by atoms with Gasteiger partial charge in [-0.15, -0.1) is 6.58 Å². The Bertz CT molecular complexity index is 935. The number of aromatic amines is 1. The number of carbonyl (C=O) groups is 1. The maximum Gasteiger partial charge on any atom is 0.262 e. The average Bonchev–Trinajstić information content (AvgIpc) is 2.60. The molecule has 0 spiro atoms. The Morgan fingerprint density at radius 1 is 1.33 bits per heavy atom. The molecular formula is C20H28N4O2S. The summed E-state index contributed by atoms with van der Waals surface area (Å²) in [6, 6.07) is 5.83. The highest BCUT2D eigenvalue weighted by atomic mass is 32.1. The van der Waals surface area contributed by atoms with E-state index < -0.39 is 0 Å². The fourth-order valence-electron chi connectivity index (χ4n) is 3.20. The van der Waals surface area contributed by atoms with Crippen molar-refractivity contribution in [3.63, 3.8) is 0 Å². The van der Waals surface area contributed by atoms with E-state index in [1.807, 2.05) is 0 Å². The molecule has 6 nitrogen and oxygen atoms in total. The zero-order chi connectivity index (χ0) is 20.1. The Morgan fingerprint density at radius 2 is 2.00 bits per heavy atom. The van der Waals surface area contributed by atoms with Crippen LogP contribution in [0.25, 0.3) is 10.9 Å². The summed E-state index contributed by atoms with van der Waals surface area (Å²) in [4.78, 5) is 30.3. The maximum atomic E-state index is 12.5. The van der Waals surface area contributed by atoms with Crippen molar-refractivity contribution < 1.29 is 4.79 Å². The van der Waals surface area contributed by atoms with E-state index in [4.69, 9.17) is 12.2 Å². The van der Waals surface area contributed by atoms with Crippen molar-refractivity contribution in [1.29, 1.82) is 0 Å². The predicted octanol–water partition coefficient (Wildman–Crippen LogP) is 3.09. The van der Waals surface area contributed by atoms with Gasteiger partial charge in [0.05, 0.1) is 10.9 Å². The number of H-pyrrole nitrogens is 1. The van der Waals surface area contributed by atoms with Crippen LogP contribution >= 0.6 is 12.2 Å². The highest BCUT2D eigenvalue weighted by molar-refractivity contribution is 7.71. The van der Waals surface area contributed by atoms with E-state index in [0.717, 1.165) is 6.54 Å². The smallest absolute Gasteiger partial charge is 0.262 e. The van der Waals surface area contributed by atoms with Crippen molar-refractivity contribution in [2.45, 2.75) is 46.3 Å². The summed E-state index contributed by atoms with van der Waals surface area (Å²) in [5, 5.41) is 3.44. The summed E-state index contributed by atoms with van der Waals surface area (Å²) >= 11 is 5.24. The number of amides is 1. The quantitative estimate of drug-likeness (QED) is 0.539. The maximum absolute atomic E-state index is 12.5. The average molecular weight is 389 g/mol. The van der Waals surface area contributed by atoms with E-state index >= 15 is 0 Å². The van der Waals surface area contributed by atoms with Crippen LogP contribution in [0.2, 0.25) is 0 Å². The van der Waals surface area contributed by atoms with Crippen LogP contribution in [0.5, 0.6) is 0 Å². The molecule has 0 radical (unpaired) electrons. The molecule has 1 aromatic carbocycles. The summed E-state index contributed by atoms with van der Waals surface area (Å²) in [5.41, 5.74) is 0.865. The van der Waals surface area contributed by atoms with Gasteiger partial charge >= 0.3 is 0 Å². The van der Waals surface area contributed by atoms with Gasteiger partial charge in [0.2, 0.25) is 0 Å². The minimum atomic E-state index is -0.190. The van der Waals surface area contributed by atoms with Gasteiger partial charge in [-0.25, -0.2) is 0 Å². The van der Waals surface area contributed by atoms with Crippen LogP contribution in [0.1, 0.15) is 38.1 Å². The second kappa shape index (κ2) is 9.10. The molecule has 0 atom stereocenters. The molecule has 0 saturated heterocycles. The number of benzene rings is 1. The number of hydrogen-bond acceptors (Lipinski definition) is 4. The van der Waals surface area contributed by atoms with E-state index in [9.17, 15) is 9.59 Å².